The molecule has 0 saturated carbocycles. The van der Waals surface area contributed by atoms with E-state index in [1.54, 1.807) is 49.4 Å². The Labute approximate surface area is 276 Å². The molecule has 0 spiro atoms. The number of ketones is 1. The molecular weight excluding hydrogens is 620 g/mol. The van der Waals surface area contributed by atoms with Crippen LogP contribution < -0.4 is 19.1 Å². The van der Waals surface area contributed by atoms with E-state index in [4.69, 9.17) is 18.9 Å². The van der Waals surface area contributed by atoms with E-state index in [1.807, 2.05) is 38.1 Å². The standard InChI is InChI=1S/C36H34N2O8S/c1-6-17-45-35(42)33-22(4)37-36(47-33)38-30(25-13-16-27(44-7-2)28(19-25)43-5)29(32(40)34(38)41)31(39)24-11-14-26(15-12-24)46-20-23-10-8-9-21(3)18-23/h6,8-16,18-19,30,39H,1,7,17,20H2,2-5H3/b31-29+. The van der Waals surface area contributed by atoms with Crippen LogP contribution in [-0.4, -0.2) is 48.1 Å². The predicted octanol–water partition coefficient (Wildman–Crippen LogP) is 6.72. The number of aromatic nitrogens is 1. The fourth-order valence-corrected chi connectivity index (χ4v) is 6.17. The number of benzene rings is 3. The van der Waals surface area contributed by atoms with Crippen molar-refractivity contribution in [2.45, 2.75) is 33.4 Å². The molecule has 0 aliphatic carbocycles. The number of aryl methyl sites for hydroxylation is 2. The molecule has 1 N–H and O–H groups in total. The van der Waals surface area contributed by atoms with Gasteiger partial charge in [0.25, 0.3) is 5.78 Å². The fraction of sp³-hybridized carbons (Fsp3) is 0.222. The lowest BCUT2D eigenvalue weighted by molar-refractivity contribution is -0.132. The van der Waals surface area contributed by atoms with Crippen LogP contribution in [0.3, 0.4) is 0 Å². The molecule has 3 aromatic carbocycles. The Morgan fingerprint density at radius 3 is 2.49 bits per heavy atom. The summed E-state index contributed by atoms with van der Waals surface area (Å²) in [5.41, 5.74) is 3.06. The van der Waals surface area contributed by atoms with Gasteiger partial charge in [-0.25, -0.2) is 9.78 Å². The van der Waals surface area contributed by atoms with E-state index in [0.29, 0.717) is 47.3 Å². The Morgan fingerprint density at radius 2 is 1.81 bits per heavy atom. The highest BCUT2D eigenvalue weighted by Gasteiger charge is 2.48. The van der Waals surface area contributed by atoms with Crippen LogP contribution in [0.25, 0.3) is 5.76 Å². The molecule has 10 nitrogen and oxygen atoms in total. The van der Waals surface area contributed by atoms with Gasteiger partial charge in [0.05, 0.1) is 31.0 Å². The van der Waals surface area contributed by atoms with Crippen LogP contribution in [0.5, 0.6) is 17.2 Å². The van der Waals surface area contributed by atoms with E-state index in [0.717, 1.165) is 22.5 Å². The molecule has 4 aromatic rings. The SMILES string of the molecule is C=CCOC(=O)c1sc(N2C(=O)C(=O)/C(=C(/O)c3ccc(OCc4cccc(C)c4)cc3)C2c2ccc(OCC)c(OC)c2)nc1C. The molecular formula is C36H34N2O8S. The van der Waals surface area contributed by atoms with Crippen LogP contribution in [0.1, 0.15) is 50.6 Å². The van der Waals surface area contributed by atoms with Gasteiger partial charge < -0.3 is 24.1 Å². The Kier molecular flexibility index (Phi) is 10.1. The van der Waals surface area contributed by atoms with Gasteiger partial charge in [0.15, 0.2) is 16.6 Å². The van der Waals surface area contributed by atoms with Gasteiger partial charge in [0.2, 0.25) is 0 Å². The summed E-state index contributed by atoms with van der Waals surface area (Å²) >= 11 is 0.913. The molecule has 1 aromatic heterocycles. The smallest absolute Gasteiger partial charge is 0.350 e. The summed E-state index contributed by atoms with van der Waals surface area (Å²) in [5, 5.41) is 11.7. The molecule has 0 radical (unpaired) electrons. The third kappa shape index (κ3) is 6.90. The molecule has 1 fully saturated rings. The number of carbonyl (C=O) groups is 3. The number of thiazole rings is 1. The van der Waals surface area contributed by atoms with Gasteiger partial charge in [-0.2, -0.15) is 0 Å². The van der Waals surface area contributed by atoms with Crippen molar-refractivity contribution in [1.82, 2.24) is 4.98 Å². The molecule has 5 rings (SSSR count). The number of ether oxygens (including phenoxy) is 4. The first-order valence-corrected chi connectivity index (χ1v) is 15.6. The molecule has 1 saturated heterocycles. The van der Waals surface area contributed by atoms with E-state index >= 15 is 0 Å². The van der Waals surface area contributed by atoms with E-state index in [-0.39, 0.29) is 27.9 Å². The average Bonchev–Trinajstić information content (AvgIpc) is 3.58. The lowest BCUT2D eigenvalue weighted by Gasteiger charge is -2.24. The Hall–Kier alpha value is -5.42. The van der Waals surface area contributed by atoms with Crippen molar-refractivity contribution >= 4 is 39.9 Å². The lowest BCUT2D eigenvalue weighted by atomic mass is 9.95. The highest BCUT2D eigenvalue weighted by Crippen LogP contribution is 2.45. The summed E-state index contributed by atoms with van der Waals surface area (Å²) < 4.78 is 22.3. The Balaban J connectivity index is 1.56. The normalized spacial score (nSPS) is 15.4. The van der Waals surface area contributed by atoms with Crippen LogP contribution in [0.15, 0.2) is 85.0 Å². The molecule has 1 amide bonds. The molecule has 1 aliphatic rings. The number of rotatable bonds is 12. The maximum absolute atomic E-state index is 13.7. The zero-order chi connectivity index (χ0) is 33.7. The molecule has 242 valence electrons. The number of amides is 1. The number of carbonyl (C=O) groups excluding carboxylic acids is 3. The van der Waals surface area contributed by atoms with Crippen molar-refractivity contribution in [1.29, 1.82) is 0 Å². The number of Topliss-reactive ketones (excluding diaryl/α,β-unsaturated/α-hetero) is 1. The van der Waals surface area contributed by atoms with E-state index in [1.165, 1.54) is 18.1 Å². The largest absolute Gasteiger partial charge is 0.507 e. The molecule has 0 bridgehead atoms. The summed E-state index contributed by atoms with van der Waals surface area (Å²) in [5.74, 6) is -1.45. The number of aliphatic hydroxyl groups is 1. The van der Waals surface area contributed by atoms with Gasteiger partial charge in [0.1, 0.15) is 29.6 Å². The number of anilines is 1. The first kappa shape index (κ1) is 33.0. The summed E-state index contributed by atoms with van der Waals surface area (Å²) in [6.45, 7) is 9.75. The van der Waals surface area contributed by atoms with Crippen molar-refractivity contribution in [2.24, 2.45) is 0 Å². The topological polar surface area (TPSA) is 124 Å². The summed E-state index contributed by atoms with van der Waals surface area (Å²) in [4.78, 5) is 46.0. The van der Waals surface area contributed by atoms with E-state index < -0.39 is 23.7 Å². The zero-order valence-electron chi connectivity index (χ0n) is 26.4. The van der Waals surface area contributed by atoms with E-state index in [2.05, 4.69) is 11.6 Å². The molecule has 11 heteroatoms. The monoisotopic (exact) mass is 654 g/mol. The quantitative estimate of drug-likeness (QED) is 0.0583. The van der Waals surface area contributed by atoms with Crippen LogP contribution in [0, 0.1) is 13.8 Å². The number of nitrogens with zero attached hydrogens (tertiary/aromatic N) is 2. The number of hydrogen-bond acceptors (Lipinski definition) is 10. The highest BCUT2D eigenvalue weighted by atomic mass is 32.1. The van der Waals surface area contributed by atoms with Gasteiger partial charge >= 0.3 is 11.9 Å². The third-order valence-electron chi connectivity index (χ3n) is 7.37. The van der Waals surface area contributed by atoms with Gasteiger partial charge in [-0.15, -0.1) is 0 Å². The van der Waals surface area contributed by atoms with Crippen LogP contribution >= 0.6 is 11.3 Å². The van der Waals surface area contributed by atoms with E-state index in [9.17, 15) is 19.5 Å². The fourth-order valence-electron chi connectivity index (χ4n) is 5.18. The molecule has 2 heterocycles. The molecule has 1 aliphatic heterocycles. The van der Waals surface area contributed by atoms with Crippen molar-refractivity contribution < 1.29 is 38.4 Å². The molecule has 1 unspecified atom stereocenters. The zero-order valence-corrected chi connectivity index (χ0v) is 27.3. The van der Waals surface area contributed by atoms with Crippen molar-refractivity contribution in [3.63, 3.8) is 0 Å². The summed E-state index contributed by atoms with van der Waals surface area (Å²) in [6.07, 6.45) is 1.44. The van der Waals surface area contributed by atoms with Crippen molar-refractivity contribution in [3.8, 4) is 17.2 Å². The first-order chi connectivity index (χ1) is 22.7. The minimum atomic E-state index is -1.11. The molecule has 47 heavy (non-hydrogen) atoms. The second-order valence-corrected chi connectivity index (χ2v) is 11.6. The number of aliphatic hydroxyl groups excluding tert-OH is 1. The van der Waals surface area contributed by atoms with Gasteiger partial charge in [-0.05, 0) is 68.3 Å². The first-order valence-electron chi connectivity index (χ1n) is 14.8. The minimum absolute atomic E-state index is 0.00223. The van der Waals surface area contributed by atoms with Crippen LogP contribution in [0.4, 0.5) is 5.13 Å². The maximum atomic E-state index is 13.7. The number of hydrogen-bond donors (Lipinski definition) is 1. The third-order valence-corrected chi connectivity index (χ3v) is 8.51. The van der Waals surface area contributed by atoms with Crippen LogP contribution in [0.2, 0.25) is 0 Å². The highest BCUT2D eigenvalue weighted by molar-refractivity contribution is 7.17. The Bertz CT molecular complexity index is 1860. The van der Waals surface area contributed by atoms with Gasteiger partial charge in [0, 0.05) is 5.56 Å². The Morgan fingerprint density at radius 1 is 1.04 bits per heavy atom. The molecule has 1 atom stereocenters. The summed E-state index contributed by atoms with van der Waals surface area (Å²) in [7, 11) is 1.48. The number of methoxy groups -OCH3 is 1. The maximum Gasteiger partial charge on any atom is 0.350 e. The van der Waals surface area contributed by atoms with Gasteiger partial charge in [-0.3, -0.25) is 14.5 Å². The average molecular weight is 655 g/mol. The minimum Gasteiger partial charge on any atom is -0.507 e. The van der Waals surface area contributed by atoms with Crippen molar-refractivity contribution in [3.05, 3.63) is 118 Å². The second kappa shape index (κ2) is 14.3. The van der Waals surface area contributed by atoms with Crippen molar-refractivity contribution in [2.75, 3.05) is 25.2 Å². The lowest BCUT2D eigenvalue weighted by Crippen LogP contribution is -2.29. The number of esters is 1. The second-order valence-electron chi connectivity index (χ2n) is 10.6. The summed E-state index contributed by atoms with van der Waals surface area (Å²) in [6, 6.07) is 18.5. The van der Waals surface area contributed by atoms with Crippen LogP contribution in [-0.2, 0) is 20.9 Å². The van der Waals surface area contributed by atoms with Gasteiger partial charge in [-0.1, -0.05) is 59.9 Å². The predicted molar refractivity (Wildman–Crippen MR) is 178 cm³/mol.